The number of hydrogen-bond donors (Lipinski definition) is 1. The van der Waals surface area contributed by atoms with Crippen LogP contribution in [0, 0.1) is 0 Å². The molecule has 7 heteroatoms. The molecule has 0 saturated heterocycles. The van der Waals surface area contributed by atoms with Gasteiger partial charge in [0.05, 0.1) is 14.2 Å². The van der Waals surface area contributed by atoms with E-state index in [9.17, 15) is 4.79 Å². The number of nitrogens with zero attached hydrogens (tertiary/aromatic N) is 1. The van der Waals surface area contributed by atoms with Gasteiger partial charge in [-0.2, -0.15) is 0 Å². The molecule has 0 saturated carbocycles. The molecule has 3 aromatic rings. The number of aromatic nitrogens is 1. The van der Waals surface area contributed by atoms with Crippen LogP contribution in [0.2, 0.25) is 0 Å². The Hall–Kier alpha value is -3.74. The maximum atomic E-state index is 12.6. The monoisotopic (exact) mass is 394 g/mol. The largest absolute Gasteiger partial charge is 0.497 e. The van der Waals surface area contributed by atoms with Gasteiger partial charge < -0.3 is 24.3 Å². The number of carbonyl (C=O) groups excluding carboxylic acids is 1. The molecule has 0 radical (unpaired) electrons. The lowest BCUT2D eigenvalue weighted by Crippen LogP contribution is -2.30. The van der Waals surface area contributed by atoms with Crippen LogP contribution in [-0.2, 0) is 4.79 Å². The van der Waals surface area contributed by atoms with Crippen LogP contribution in [0.3, 0.4) is 0 Å². The second kappa shape index (κ2) is 9.45. The molecule has 0 bridgehead atoms. The Bertz CT molecular complexity index is 942. The Kier molecular flexibility index (Phi) is 6.52. The fraction of sp³-hybridized carbons (Fsp3) is 0.182. The minimum Gasteiger partial charge on any atom is -0.497 e. The van der Waals surface area contributed by atoms with E-state index in [2.05, 4.69) is 10.3 Å². The average Bonchev–Trinajstić information content (AvgIpc) is 2.76. The molecule has 0 aliphatic heterocycles. The van der Waals surface area contributed by atoms with Crippen LogP contribution in [-0.4, -0.2) is 31.2 Å². The summed E-state index contributed by atoms with van der Waals surface area (Å²) >= 11 is 0. The van der Waals surface area contributed by atoms with Crippen molar-refractivity contribution in [3.63, 3.8) is 0 Å². The minimum absolute atomic E-state index is 0.280. The quantitative estimate of drug-likeness (QED) is 0.614. The third-order valence-corrected chi connectivity index (χ3v) is 4.04. The van der Waals surface area contributed by atoms with Gasteiger partial charge in [0.1, 0.15) is 28.7 Å². The molecular formula is C22H22N2O5. The van der Waals surface area contributed by atoms with Gasteiger partial charge in [-0.05, 0) is 67.6 Å². The van der Waals surface area contributed by atoms with Crippen molar-refractivity contribution in [2.24, 2.45) is 0 Å². The Labute approximate surface area is 169 Å². The summed E-state index contributed by atoms with van der Waals surface area (Å²) in [6.45, 7) is 1.67. The van der Waals surface area contributed by atoms with Gasteiger partial charge in [0.25, 0.3) is 5.91 Å². The highest BCUT2D eigenvalue weighted by atomic mass is 16.5. The molecule has 1 aromatic heterocycles. The van der Waals surface area contributed by atoms with Gasteiger partial charge in [-0.1, -0.05) is 0 Å². The molecule has 29 heavy (non-hydrogen) atoms. The second-order valence-corrected chi connectivity index (χ2v) is 6.06. The Balaban J connectivity index is 1.66. The minimum atomic E-state index is -0.725. The van der Waals surface area contributed by atoms with Crippen molar-refractivity contribution in [2.45, 2.75) is 13.0 Å². The lowest BCUT2D eigenvalue weighted by Gasteiger charge is -2.16. The standard InChI is InChI=1S/C22H22N2O5/c1-15(28-18-10-6-16(26-2)7-11-18)21(25)24-20-5-4-14-23-22(20)29-19-12-8-17(27-3)9-13-19/h4-15H,1-3H3,(H,24,25). The van der Waals surface area contributed by atoms with Crippen LogP contribution in [0.25, 0.3) is 0 Å². The highest BCUT2D eigenvalue weighted by molar-refractivity contribution is 5.95. The Morgan fingerprint density at radius 2 is 1.41 bits per heavy atom. The van der Waals surface area contributed by atoms with Gasteiger partial charge in [-0.25, -0.2) is 4.98 Å². The number of methoxy groups -OCH3 is 2. The number of hydrogen-bond acceptors (Lipinski definition) is 6. The third kappa shape index (κ3) is 5.38. The number of rotatable bonds is 8. The SMILES string of the molecule is COc1ccc(Oc2ncccc2NC(=O)C(C)Oc2ccc(OC)cc2)cc1. The fourth-order valence-electron chi connectivity index (χ4n) is 2.47. The zero-order chi connectivity index (χ0) is 20.6. The van der Waals surface area contributed by atoms with E-state index in [1.807, 2.05) is 0 Å². The molecule has 0 aliphatic carbocycles. The van der Waals surface area contributed by atoms with Crippen molar-refractivity contribution >= 4 is 11.6 Å². The molecule has 1 atom stereocenters. The third-order valence-electron chi connectivity index (χ3n) is 4.04. The molecule has 1 heterocycles. The first-order valence-corrected chi connectivity index (χ1v) is 8.97. The molecule has 1 amide bonds. The smallest absolute Gasteiger partial charge is 0.265 e. The topological polar surface area (TPSA) is 78.9 Å². The van der Waals surface area contributed by atoms with Gasteiger partial charge in [0.2, 0.25) is 5.88 Å². The van der Waals surface area contributed by atoms with E-state index in [0.717, 1.165) is 5.75 Å². The lowest BCUT2D eigenvalue weighted by molar-refractivity contribution is -0.122. The Morgan fingerprint density at radius 3 is 2.00 bits per heavy atom. The molecule has 0 spiro atoms. The highest BCUT2D eigenvalue weighted by Gasteiger charge is 2.17. The molecule has 3 rings (SSSR count). The van der Waals surface area contributed by atoms with E-state index in [1.54, 1.807) is 88.0 Å². The molecule has 0 aliphatic rings. The number of pyridine rings is 1. The van der Waals surface area contributed by atoms with E-state index in [4.69, 9.17) is 18.9 Å². The summed E-state index contributed by atoms with van der Waals surface area (Å²) in [5.41, 5.74) is 0.443. The van der Waals surface area contributed by atoms with Crippen LogP contribution in [0.1, 0.15) is 6.92 Å². The van der Waals surface area contributed by atoms with Crippen molar-refractivity contribution in [1.82, 2.24) is 4.98 Å². The number of ether oxygens (including phenoxy) is 4. The maximum Gasteiger partial charge on any atom is 0.265 e. The van der Waals surface area contributed by atoms with Crippen LogP contribution in [0.15, 0.2) is 66.9 Å². The Morgan fingerprint density at radius 1 is 0.862 bits per heavy atom. The summed E-state index contributed by atoms with van der Waals surface area (Å²) in [6, 6.07) is 17.5. The van der Waals surface area contributed by atoms with E-state index >= 15 is 0 Å². The molecule has 150 valence electrons. The molecule has 7 nitrogen and oxygen atoms in total. The fourth-order valence-corrected chi connectivity index (χ4v) is 2.47. The zero-order valence-electron chi connectivity index (χ0n) is 16.4. The number of amides is 1. The van der Waals surface area contributed by atoms with Crippen molar-refractivity contribution in [2.75, 3.05) is 19.5 Å². The van der Waals surface area contributed by atoms with Crippen molar-refractivity contribution in [3.8, 4) is 28.9 Å². The predicted octanol–water partition coefficient (Wildman–Crippen LogP) is 4.30. The van der Waals surface area contributed by atoms with Crippen LogP contribution in [0.4, 0.5) is 5.69 Å². The summed E-state index contributed by atoms with van der Waals surface area (Å²) in [5, 5.41) is 2.80. The van der Waals surface area contributed by atoms with E-state index in [0.29, 0.717) is 22.9 Å². The molecular weight excluding hydrogens is 372 g/mol. The van der Waals surface area contributed by atoms with E-state index in [1.165, 1.54) is 0 Å². The first-order valence-electron chi connectivity index (χ1n) is 8.97. The summed E-state index contributed by atoms with van der Waals surface area (Å²) in [5.74, 6) is 2.52. The number of benzene rings is 2. The highest BCUT2D eigenvalue weighted by Crippen LogP contribution is 2.28. The maximum absolute atomic E-state index is 12.6. The molecule has 1 N–H and O–H groups in total. The zero-order valence-corrected chi connectivity index (χ0v) is 16.4. The van der Waals surface area contributed by atoms with Crippen molar-refractivity contribution in [1.29, 1.82) is 0 Å². The van der Waals surface area contributed by atoms with Crippen LogP contribution < -0.4 is 24.3 Å². The van der Waals surface area contributed by atoms with Gasteiger partial charge in [-0.3, -0.25) is 4.79 Å². The summed E-state index contributed by atoms with van der Waals surface area (Å²) in [6.07, 6.45) is 0.864. The first kappa shape index (κ1) is 20.0. The second-order valence-electron chi connectivity index (χ2n) is 6.06. The predicted molar refractivity (Wildman–Crippen MR) is 109 cm³/mol. The molecule has 2 aromatic carbocycles. The van der Waals surface area contributed by atoms with Crippen LogP contribution >= 0.6 is 0 Å². The van der Waals surface area contributed by atoms with Gasteiger partial charge in [-0.15, -0.1) is 0 Å². The summed E-state index contributed by atoms with van der Waals surface area (Å²) in [7, 11) is 3.18. The lowest BCUT2D eigenvalue weighted by atomic mass is 10.3. The normalized spacial score (nSPS) is 11.3. The number of anilines is 1. The molecule has 0 fully saturated rings. The summed E-state index contributed by atoms with van der Waals surface area (Å²) in [4.78, 5) is 16.8. The van der Waals surface area contributed by atoms with Gasteiger partial charge >= 0.3 is 0 Å². The number of carbonyl (C=O) groups is 1. The van der Waals surface area contributed by atoms with E-state index in [-0.39, 0.29) is 11.8 Å². The van der Waals surface area contributed by atoms with Crippen molar-refractivity contribution < 1.29 is 23.7 Å². The first-order chi connectivity index (χ1) is 14.1. The van der Waals surface area contributed by atoms with Gasteiger partial charge in [0.15, 0.2) is 6.10 Å². The van der Waals surface area contributed by atoms with Gasteiger partial charge in [0, 0.05) is 6.20 Å². The van der Waals surface area contributed by atoms with E-state index < -0.39 is 6.10 Å². The average molecular weight is 394 g/mol. The van der Waals surface area contributed by atoms with Crippen molar-refractivity contribution in [3.05, 3.63) is 66.9 Å². The number of nitrogens with one attached hydrogen (secondary N) is 1. The van der Waals surface area contributed by atoms with Crippen LogP contribution in [0.5, 0.6) is 28.9 Å². The summed E-state index contributed by atoms with van der Waals surface area (Å²) < 4.78 is 21.7. The molecule has 1 unspecified atom stereocenters.